The predicted octanol–water partition coefficient (Wildman–Crippen LogP) is 4.74. The lowest BCUT2D eigenvalue weighted by Crippen LogP contribution is -2.14. The standard InChI is InChI=1S/C21H22N2O3S2/c1-15-3-5-19(13-16(15)2)23-28(25,26)20-8-6-18(7-9-20)22-21(24)10-4-17-11-12-27-14-17/h3,5-9,11-14,23H,4,10H2,1-2H3,(H,22,24). The van der Waals surface area contributed by atoms with E-state index >= 15 is 0 Å². The molecule has 146 valence electrons. The fraction of sp³-hybridized carbons (Fsp3) is 0.190. The second-order valence-electron chi connectivity index (χ2n) is 6.61. The maximum Gasteiger partial charge on any atom is 0.261 e. The van der Waals surface area contributed by atoms with E-state index in [2.05, 4.69) is 10.0 Å². The first-order valence-electron chi connectivity index (χ1n) is 8.84. The molecule has 28 heavy (non-hydrogen) atoms. The maximum absolute atomic E-state index is 12.6. The second-order valence-corrected chi connectivity index (χ2v) is 9.07. The predicted molar refractivity (Wildman–Crippen MR) is 114 cm³/mol. The van der Waals surface area contributed by atoms with Crippen molar-refractivity contribution < 1.29 is 13.2 Å². The summed E-state index contributed by atoms with van der Waals surface area (Å²) in [5.41, 5.74) is 4.34. The average molecular weight is 415 g/mol. The minimum Gasteiger partial charge on any atom is -0.326 e. The number of rotatable bonds is 7. The Morgan fingerprint density at radius 3 is 2.32 bits per heavy atom. The monoisotopic (exact) mass is 414 g/mol. The molecule has 7 heteroatoms. The Labute approximate surface area is 169 Å². The van der Waals surface area contributed by atoms with Gasteiger partial charge in [0, 0.05) is 17.8 Å². The molecule has 0 saturated carbocycles. The zero-order valence-corrected chi connectivity index (χ0v) is 17.4. The molecule has 0 unspecified atom stereocenters. The van der Waals surface area contributed by atoms with Crippen molar-refractivity contribution >= 4 is 38.6 Å². The van der Waals surface area contributed by atoms with E-state index in [-0.39, 0.29) is 10.8 Å². The maximum atomic E-state index is 12.6. The highest BCUT2D eigenvalue weighted by molar-refractivity contribution is 7.92. The molecule has 3 aromatic rings. The van der Waals surface area contributed by atoms with Gasteiger partial charge in [0.1, 0.15) is 0 Å². The van der Waals surface area contributed by atoms with E-state index in [0.29, 0.717) is 24.2 Å². The van der Waals surface area contributed by atoms with Crippen LogP contribution in [0.15, 0.2) is 64.2 Å². The van der Waals surface area contributed by atoms with Gasteiger partial charge in [0.05, 0.1) is 4.90 Å². The molecule has 3 rings (SSSR count). The summed E-state index contributed by atoms with van der Waals surface area (Å²) in [7, 11) is -3.69. The van der Waals surface area contributed by atoms with Gasteiger partial charge in [-0.3, -0.25) is 9.52 Å². The van der Waals surface area contributed by atoms with Gasteiger partial charge in [-0.15, -0.1) is 0 Å². The zero-order chi connectivity index (χ0) is 20.1. The second kappa shape index (κ2) is 8.58. The quantitative estimate of drug-likeness (QED) is 0.586. The largest absolute Gasteiger partial charge is 0.326 e. The summed E-state index contributed by atoms with van der Waals surface area (Å²) in [4.78, 5) is 12.2. The van der Waals surface area contributed by atoms with Gasteiger partial charge in [-0.25, -0.2) is 8.42 Å². The number of anilines is 2. The fourth-order valence-electron chi connectivity index (χ4n) is 2.65. The molecule has 2 N–H and O–H groups in total. The normalized spacial score (nSPS) is 11.2. The molecule has 1 amide bonds. The number of carbonyl (C=O) groups is 1. The van der Waals surface area contributed by atoms with Crippen molar-refractivity contribution in [2.45, 2.75) is 31.6 Å². The van der Waals surface area contributed by atoms with E-state index in [1.165, 1.54) is 12.1 Å². The average Bonchev–Trinajstić information content (AvgIpc) is 3.17. The molecule has 0 fully saturated rings. The van der Waals surface area contributed by atoms with E-state index in [9.17, 15) is 13.2 Å². The summed E-state index contributed by atoms with van der Waals surface area (Å²) >= 11 is 1.61. The lowest BCUT2D eigenvalue weighted by molar-refractivity contribution is -0.116. The van der Waals surface area contributed by atoms with Crippen LogP contribution in [0.3, 0.4) is 0 Å². The van der Waals surface area contributed by atoms with Gasteiger partial charge in [-0.05, 0) is 90.2 Å². The zero-order valence-electron chi connectivity index (χ0n) is 15.7. The molecule has 0 saturated heterocycles. The Morgan fingerprint density at radius 1 is 0.964 bits per heavy atom. The Kier molecular flexibility index (Phi) is 6.16. The van der Waals surface area contributed by atoms with Gasteiger partial charge in [-0.1, -0.05) is 6.07 Å². The molecule has 0 aliphatic heterocycles. The number of benzene rings is 2. The van der Waals surface area contributed by atoms with Crippen molar-refractivity contribution in [3.63, 3.8) is 0 Å². The number of amides is 1. The van der Waals surface area contributed by atoms with E-state index in [1.54, 1.807) is 35.6 Å². The van der Waals surface area contributed by atoms with Crippen LogP contribution in [0.5, 0.6) is 0 Å². The van der Waals surface area contributed by atoms with Gasteiger partial charge in [-0.2, -0.15) is 11.3 Å². The minimum absolute atomic E-state index is 0.102. The molecule has 0 aliphatic rings. The summed E-state index contributed by atoms with van der Waals surface area (Å²) < 4.78 is 27.7. The summed E-state index contributed by atoms with van der Waals surface area (Å²) in [6, 6.07) is 13.6. The molecule has 0 atom stereocenters. The van der Waals surface area contributed by atoms with E-state index in [1.807, 2.05) is 36.7 Å². The molecule has 0 aliphatic carbocycles. The molecule has 2 aromatic carbocycles. The highest BCUT2D eigenvalue weighted by atomic mass is 32.2. The van der Waals surface area contributed by atoms with Crippen LogP contribution >= 0.6 is 11.3 Å². The molecule has 5 nitrogen and oxygen atoms in total. The number of thiophene rings is 1. The SMILES string of the molecule is Cc1ccc(NS(=O)(=O)c2ccc(NC(=O)CCc3ccsc3)cc2)cc1C. The Bertz CT molecular complexity index is 1060. The molecule has 0 radical (unpaired) electrons. The van der Waals surface area contributed by atoms with Gasteiger partial charge in [0.25, 0.3) is 10.0 Å². The van der Waals surface area contributed by atoms with Crippen molar-refractivity contribution in [1.29, 1.82) is 0 Å². The van der Waals surface area contributed by atoms with E-state index < -0.39 is 10.0 Å². The number of sulfonamides is 1. The van der Waals surface area contributed by atoms with E-state index in [4.69, 9.17) is 0 Å². The molecule has 1 heterocycles. The van der Waals surface area contributed by atoms with Gasteiger partial charge >= 0.3 is 0 Å². The van der Waals surface area contributed by atoms with Crippen LogP contribution in [0.1, 0.15) is 23.1 Å². The van der Waals surface area contributed by atoms with E-state index in [0.717, 1.165) is 16.7 Å². The van der Waals surface area contributed by atoms with Crippen molar-refractivity contribution in [1.82, 2.24) is 0 Å². The first-order valence-corrected chi connectivity index (χ1v) is 11.3. The van der Waals surface area contributed by atoms with Crippen molar-refractivity contribution in [3.05, 3.63) is 76.0 Å². The molecule has 0 bridgehead atoms. The first-order chi connectivity index (χ1) is 13.3. The minimum atomic E-state index is -3.69. The van der Waals surface area contributed by atoms with Crippen LogP contribution in [0.2, 0.25) is 0 Å². The van der Waals surface area contributed by atoms with Crippen LogP contribution in [0.25, 0.3) is 0 Å². The number of aryl methyl sites for hydroxylation is 3. The van der Waals surface area contributed by atoms with Gasteiger partial charge in [0.2, 0.25) is 5.91 Å². The smallest absolute Gasteiger partial charge is 0.261 e. The Balaban J connectivity index is 1.62. The summed E-state index contributed by atoms with van der Waals surface area (Å²) in [5.74, 6) is -0.102. The van der Waals surface area contributed by atoms with Gasteiger partial charge < -0.3 is 5.32 Å². The van der Waals surface area contributed by atoms with Crippen LogP contribution < -0.4 is 10.0 Å². The molecular formula is C21H22N2O3S2. The lowest BCUT2D eigenvalue weighted by Gasteiger charge is -2.11. The Hall–Kier alpha value is -2.64. The number of carbonyl (C=O) groups excluding carboxylic acids is 1. The Morgan fingerprint density at radius 2 is 1.68 bits per heavy atom. The highest BCUT2D eigenvalue weighted by Gasteiger charge is 2.14. The van der Waals surface area contributed by atoms with Crippen LogP contribution in [-0.4, -0.2) is 14.3 Å². The van der Waals surface area contributed by atoms with Crippen molar-refractivity contribution in [2.24, 2.45) is 0 Å². The molecule has 0 spiro atoms. The summed E-state index contributed by atoms with van der Waals surface area (Å²) in [6.07, 6.45) is 1.06. The van der Waals surface area contributed by atoms with Crippen LogP contribution in [0, 0.1) is 13.8 Å². The number of hydrogen-bond acceptors (Lipinski definition) is 4. The number of hydrogen-bond donors (Lipinski definition) is 2. The van der Waals surface area contributed by atoms with Crippen LogP contribution in [0.4, 0.5) is 11.4 Å². The van der Waals surface area contributed by atoms with Gasteiger partial charge in [0.15, 0.2) is 0 Å². The van der Waals surface area contributed by atoms with Crippen LogP contribution in [-0.2, 0) is 21.2 Å². The van der Waals surface area contributed by atoms with Crippen molar-refractivity contribution in [3.8, 4) is 0 Å². The highest BCUT2D eigenvalue weighted by Crippen LogP contribution is 2.20. The third-order valence-electron chi connectivity index (χ3n) is 4.43. The van der Waals surface area contributed by atoms with Crippen molar-refractivity contribution in [2.75, 3.05) is 10.0 Å². The molecule has 1 aromatic heterocycles. The summed E-state index contributed by atoms with van der Waals surface area (Å²) in [5, 5.41) is 6.80. The molecular weight excluding hydrogens is 392 g/mol. The third kappa shape index (κ3) is 5.21. The summed E-state index contributed by atoms with van der Waals surface area (Å²) in [6.45, 7) is 3.91. The fourth-order valence-corrected chi connectivity index (χ4v) is 4.41. The third-order valence-corrected chi connectivity index (χ3v) is 6.56. The number of nitrogens with one attached hydrogen (secondary N) is 2. The topological polar surface area (TPSA) is 75.3 Å². The first kappa shape index (κ1) is 20.1. The lowest BCUT2D eigenvalue weighted by atomic mass is 10.1.